The number of rotatable bonds is 14. The van der Waals surface area contributed by atoms with Crippen molar-refractivity contribution in [3.8, 4) is 0 Å². The molecule has 4 atom stereocenters. The fourth-order valence-electron chi connectivity index (χ4n) is 5.79. The third kappa shape index (κ3) is 10.6. The predicted octanol–water partition coefficient (Wildman–Crippen LogP) is 1.79. The van der Waals surface area contributed by atoms with Crippen molar-refractivity contribution in [3.63, 3.8) is 0 Å². The smallest absolute Gasteiger partial charge is 0.548 e. The van der Waals surface area contributed by atoms with Crippen LogP contribution in [0.3, 0.4) is 0 Å². The van der Waals surface area contributed by atoms with Gasteiger partial charge >= 0.3 is 35.5 Å². The number of hydrogen-bond acceptors (Lipinski definition) is 7. The summed E-state index contributed by atoms with van der Waals surface area (Å²) in [5, 5.41) is 12.0. The van der Waals surface area contributed by atoms with Crippen molar-refractivity contribution in [1.29, 1.82) is 0 Å². The molecule has 40 heavy (non-hydrogen) atoms. The van der Waals surface area contributed by atoms with Gasteiger partial charge in [-0.3, -0.25) is 18.7 Å². The number of carboxylic acid groups (broad SMARTS) is 1. The first-order valence-electron chi connectivity index (χ1n) is 14.6. The Labute approximate surface area is 261 Å². The molecule has 0 bridgehead atoms. The molecule has 0 radical (unpaired) electrons. The van der Waals surface area contributed by atoms with E-state index in [2.05, 4.69) is 0 Å². The van der Waals surface area contributed by atoms with Gasteiger partial charge in [-0.25, -0.2) is 0 Å². The van der Waals surface area contributed by atoms with Crippen molar-refractivity contribution in [2.75, 3.05) is 18.9 Å². The summed E-state index contributed by atoms with van der Waals surface area (Å²) in [6.07, 6.45) is 6.88. The summed E-state index contributed by atoms with van der Waals surface area (Å²) >= 11 is 0. The third-order valence-corrected chi connectivity index (χ3v) is 10.4. The Morgan fingerprint density at radius 2 is 1.73 bits per heavy atom. The van der Waals surface area contributed by atoms with E-state index in [1.807, 2.05) is 30.3 Å². The van der Waals surface area contributed by atoms with E-state index in [9.17, 15) is 24.1 Å². The zero-order valence-electron chi connectivity index (χ0n) is 24.7. The molecule has 218 valence electrons. The Bertz CT molecular complexity index is 999. The molecule has 2 aliphatic rings. The number of carbonyl (C=O) groups is 3. The van der Waals surface area contributed by atoms with Crippen molar-refractivity contribution >= 4 is 25.2 Å². The summed E-state index contributed by atoms with van der Waals surface area (Å²) < 4.78 is 25.6. The van der Waals surface area contributed by atoms with Gasteiger partial charge in [-0.05, 0) is 43.1 Å². The van der Waals surface area contributed by atoms with Gasteiger partial charge in [0.2, 0.25) is 19.6 Å². The number of hydrogen-bond donors (Lipinski definition) is 0. The Morgan fingerprint density at radius 1 is 1.05 bits per heavy atom. The molecule has 0 unspecified atom stereocenters. The van der Waals surface area contributed by atoms with Gasteiger partial charge in [-0.15, -0.1) is 0 Å². The maximum atomic E-state index is 14.2. The van der Waals surface area contributed by atoms with Crippen LogP contribution in [0.4, 0.5) is 0 Å². The van der Waals surface area contributed by atoms with Crippen LogP contribution in [0.25, 0.3) is 0 Å². The van der Waals surface area contributed by atoms with E-state index in [1.165, 1.54) is 16.9 Å². The van der Waals surface area contributed by atoms with Crippen LogP contribution in [-0.4, -0.2) is 53.9 Å². The van der Waals surface area contributed by atoms with E-state index in [0.29, 0.717) is 25.3 Å². The SMILES string of the molecule is CCC(=O)O[C@@H](O[P@](=O)(CCCCc1ccccc1)CC(=O)N1C[C@@H](C2CCCCC2)C[C@H]1C(=O)[O-])C(C)C.[Na+]. The minimum Gasteiger partial charge on any atom is -0.548 e. The van der Waals surface area contributed by atoms with E-state index < -0.39 is 43.7 Å². The Hall–Kier alpha value is -1.18. The zero-order chi connectivity index (χ0) is 28.4. The number of ether oxygens (including phenoxy) is 1. The molecule has 1 amide bonds. The topological polar surface area (TPSA) is 113 Å². The molecule has 0 spiro atoms. The molecule has 3 rings (SSSR count). The Balaban J connectivity index is 0.00000560. The molecular weight excluding hydrogens is 540 g/mol. The van der Waals surface area contributed by atoms with Gasteiger partial charge in [-0.1, -0.05) is 83.2 Å². The van der Waals surface area contributed by atoms with E-state index in [0.717, 1.165) is 38.5 Å². The summed E-state index contributed by atoms with van der Waals surface area (Å²) in [5.41, 5.74) is 1.17. The molecular formula is C30H45NNaO7P. The van der Waals surface area contributed by atoms with Crippen molar-refractivity contribution in [2.45, 2.75) is 97.3 Å². The molecule has 0 N–H and O–H groups in total. The summed E-state index contributed by atoms with van der Waals surface area (Å²) in [7, 11) is -3.62. The van der Waals surface area contributed by atoms with E-state index in [-0.39, 0.29) is 54.0 Å². The van der Waals surface area contributed by atoms with Gasteiger partial charge in [0.25, 0.3) is 0 Å². The van der Waals surface area contributed by atoms with E-state index >= 15 is 0 Å². The van der Waals surface area contributed by atoms with Crippen LogP contribution in [0.2, 0.25) is 0 Å². The van der Waals surface area contributed by atoms with Gasteiger partial charge in [0.05, 0.1) is 12.0 Å². The second kappa shape index (κ2) is 17.1. The Kier molecular flexibility index (Phi) is 14.9. The largest absolute Gasteiger partial charge is 1.00 e. The molecule has 1 saturated carbocycles. The van der Waals surface area contributed by atoms with E-state index in [1.54, 1.807) is 20.8 Å². The van der Waals surface area contributed by atoms with Crippen molar-refractivity contribution in [2.24, 2.45) is 17.8 Å². The first-order valence-corrected chi connectivity index (χ1v) is 16.6. The Morgan fingerprint density at radius 3 is 2.33 bits per heavy atom. The monoisotopic (exact) mass is 585 g/mol. The minimum absolute atomic E-state index is 0. The number of amides is 1. The van der Waals surface area contributed by atoms with Gasteiger partial charge in [0, 0.05) is 25.0 Å². The molecule has 8 nitrogen and oxygen atoms in total. The number of esters is 1. The van der Waals surface area contributed by atoms with Crippen LogP contribution in [0.5, 0.6) is 0 Å². The molecule has 0 aromatic heterocycles. The fourth-order valence-corrected chi connectivity index (χ4v) is 8.09. The molecule has 2 fully saturated rings. The second-order valence-electron chi connectivity index (χ2n) is 11.5. The molecule has 1 aliphatic carbocycles. The van der Waals surface area contributed by atoms with Gasteiger partial charge in [0.1, 0.15) is 6.16 Å². The van der Waals surface area contributed by atoms with Crippen LogP contribution in [0.1, 0.15) is 84.1 Å². The molecule has 1 aliphatic heterocycles. The van der Waals surface area contributed by atoms with Crippen LogP contribution in [0, 0.1) is 17.8 Å². The minimum atomic E-state index is -3.62. The van der Waals surface area contributed by atoms with E-state index in [4.69, 9.17) is 9.26 Å². The molecule has 10 heteroatoms. The maximum Gasteiger partial charge on any atom is 1.00 e. The maximum absolute atomic E-state index is 14.2. The molecule has 1 aromatic carbocycles. The van der Waals surface area contributed by atoms with Crippen LogP contribution >= 0.6 is 7.37 Å². The predicted molar refractivity (Wildman–Crippen MR) is 148 cm³/mol. The number of aryl methyl sites for hydroxylation is 1. The van der Waals surface area contributed by atoms with Crippen molar-refractivity contribution in [1.82, 2.24) is 4.90 Å². The summed E-state index contributed by atoms with van der Waals surface area (Å²) in [6, 6.07) is 8.96. The zero-order valence-corrected chi connectivity index (χ0v) is 27.6. The number of benzene rings is 1. The fraction of sp³-hybridized carbons (Fsp3) is 0.700. The molecule has 1 saturated heterocycles. The summed E-state index contributed by atoms with van der Waals surface area (Å²) in [4.78, 5) is 39.0. The average molecular weight is 586 g/mol. The number of carboxylic acids is 1. The van der Waals surface area contributed by atoms with Crippen LogP contribution in [0.15, 0.2) is 30.3 Å². The number of likely N-dealkylation sites (tertiary alicyclic amines) is 1. The molecule has 1 heterocycles. The van der Waals surface area contributed by atoms with Crippen molar-refractivity contribution in [3.05, 3.63) is 35.9 Å². The number of unbranched alkanes of at least 4 members (excludes halogenated alkanes) is 1. The summed E-state index contributed by atoms with van der Waals surface area (Å²) in [5.74, 6) is -1.99. The van der Waals surface area contributed by atoms with Gasteiger partial charge in [-0.2, -0.15) is 0 Å². The molecule has 1 aromatic rings. The van der Waals surface area contributed by atoms with Gasteiger partial charge in [0.15, 0.2) is 0 Å². The normalized spacial score (nSPS) is 21.9. The standard InChI is InChI=1S/C30H46NO7P.Na/c1-4-28(33)37-30(22(2)3)38-39(36,18-12-11-15-23-13-7-5-8-14-23)21-27(32)31-20-25(19-26(31)29(34)35)24-16-9-6-10-17-24;/h5,7-8,13-14,22,24-26,30H,4,6,9-12,15-21H2,1-3H3,(H,34,35);/q;+1/p-1/t25-,26-,30-,39+;/m0./s1. The number of nitrogens with zero attached hydrogens (tertiary/aromatic N) is 1. The average Bonchev–Trinajstić information content (AvgIpc) is 3.38. The number of carbonyl (C=O) groups excluding carboxylic acids is 3. The quantitative estimate of drug-likeness (QED) is 0.108. The first kappa shape index (κ1) is 35.0. The second-order valence-corrected chi connectivity index (χ2v) is 14.1. The first-order chi connectivity index (χ1) is 18.6. The summed E-state index contributed by atoms with van der Waals surface area (Å²) in [6.45, 7) is 5.62. The van der Waals surface area contributed by atoms with Crippen LogP contribution in [-0.2, 0) is 34.6 Å². The van der Waals surface area contributed by atoms with Crippen molar-refractivity contribution < 1.29 is 62.9 Å². The third-order valence-electron chi connectivity index (χ3n) is 8.05. The van der Waals surface area contributed by atoms with Gasteiger partial charge < -0.3 is 19.5 Å². The number of aliphatic carboxylic acids is 1. The van der Waals surface area contributed by atoms with Crippen LogP contribution < -0.4 is 34.7 Å².